The number of sulfonamides is 1. The summed E-state index contributed by atoms with van der Waals surface area (Å²) in [5.41, 5.74) is 2.89. The van der Waals surface area contributed by atoms with Crippen LogP contribution in [0.2, 0.25) is 0 Å². The number of ether oxygens (including phenoxy) is 1. The molecule has 0 aliphatic rings. The van der Waals surface area contributed by atoms with Gasteiger partial charge in [0.25, 0.3) is 0 Å². The van der Waals surface area contributed by atoms with Crippen LogP contribution in [0.5, 0.6) is 5.75 Å². The summed E-state index contributed by atoms with van der Waals surface area (Å²) in [5.74, 6) is 0.345. The maximum atomic E-state index is 12.4. The summed E-state index contributed by atoms with van der Waals surface area (Å²) in [7, 11) is -2.15. The molecule has 112 valence electrons. The first kappa shape index (κ1) is 15.5. The lowest BCUT2D eigenvalue weighted by molar-refractivity contribution is 0.402. The second-order valence-electron chi connectivity index (χ2n) is 4.97. The zero-order chi connectivity index (χ0) is 15.5. The summed E-state index contributed by atoms with van der Waals surface area (Å²) in [5, 5.41) is 0. The van der Waals surface area contributed by atoms with Crippen molar-refractivity contribution in [1.29, 1.82) is 0 Å². The Morgan fingerprint density at radius 3 is 2.43 bits per heavy atom. The molecule has 1 N–H and O–H groups in total. The first-order valence-electron chi connectivity index (χ1n) is 6.62. The number of aryl methyl sites for hydroxylation is 2. The molecule has 0 spiro atoms. The molecule has 0 fully saturated rings. The van der Waals surface area contributed by atoms with E-state index in [0.717, 1.165) is 16.7 Å². The van der Waals surface area contributed by atoms with Gasteiger partial charge in [-0.25, -0.2) is 13.1 Å². The lowest BCUT2D eigenvalue weighted by atomic mass is 10.1. The largest absolute Gasteiger partial charge is 0.495 e. The number of benzene rings is 2. The van der Waals surface area contributed by atoms with E-state index in [1.807, 2.05) is 44.2 Å². The zero-order valence-corrected chi connectivity index (χ0v) is 13.2. The Labute approximate surface area is 125 Å². The monoisotopic (exact) mass is 305 g/mol. The van der Waals surface area contributed by atoms with Gasteiger partial charge in [-0.3, -0.25) is 0 Å². The second kappa shape index (κ2) is 6.28. The van der Waals surface area contributed by atoms with Gasteiger partial charge in [-0.15, -0.1) is 0 Å². The number of hydrogen-bond acceptors (Lipinski definition) is 3. The molecule has 2 aromatic rings. The number of hydrogen-bond donors (Lipinski definition) is 1. The Balaban J connectivity index is 2.24. The van der Waals surface area contributed by atoms with Gasteiger partial charge in [-0.05, 0) is 37.1 Å². The predicted octanol–water partition coefficient (Wildman–Crippen LogP) is 2.79. The minimum atomic E-state index is -3.61. The van der Waals surface area contributed by atoms with E-state index in [4.69, 9.17) is 4.74 Å². The quantitative estimate of drug-likeness (QED) is 0.924. The molecule has 21 heavy (non-hydrogen) atoms. The van der Waals surface area contributed by atoms with Crippen LogP contribution >= 0.6 is 0 Å². The van der Waals surface area contributed by atoms with Crippen molar-refractivity contribution in [3.05, 3.63) is 59.2 Å². The molecule has 0 radical (unpaired) electrons. The van der Waals surface area contributed by atoms with E-state index >= 15 is 0 Å². The van der Waals surface area contributed by atoms with Crippen LogP contribution in [0.3, 0.4) is 0 Å². The van der Waals surface area contributed by atoms with Crippen LogP contribution in [0.25, 0.3) is 0 Å². The summed E-state index contributed by atoms with van der Waals surface area (Å²) < 4.78 is 32.6. The maximum Gasteiger partial charge on any atom is 0.244 e. The molecule has 0 saturated heterocycles. The highest BCUT2D eigenvalue weighted by atomic mass is 32.2. The molecule has 0 bridgehead atoms. The van der Waals surface area contributed by atoms with Crippen LogP contribution in [0, 0.1) is 13.8 Å². The van der Waals surface area contributed by atoms with Crippen molar-refractivity contribution in [1.82, 2.24) is 4.72 Å². The van der Waals surface area contributed by atoms with Crippen molar-refractivity contribution in [3.8, 4) is 5.75 Å². The molecule has 0 amide bonds. The van der Waals surface area contributed by atoms with Gasteiger partial charge in [-0.1, -0.05) is 35.9 Å². The van der Waals surface area contributed by atoms with Gasteiger partial charge in [0.1, 0.15) is 10.6 Å². The van der Waals surface area contributed by atoms with Gasteiger partial charge in [0.2, 0.25) is 10.0 Å². The Bertz CT molecular complexity index is 739. The molecule has 0 aromatic heterocycles. The molecule has 0 atom stereocenters. The van der Waals surface area contributed by atoms with Crippen molar-refractivity contribution in [2.45, 2.75) is 25.3 Å². The average molecular weight is 305 g/mol. The van der Waals surface area contributed by atoms with Crippen LogP contribution in [0.4, 0.5) is 0 Å². The Morgan fingerprint density at radius 1 is 1.05 bits per heavy atom. The van der Waals surface area contributed by atoms with Gasteiger partial charge >= 0.3 is 0 Å². The summed E-state index contributed by atoms with van der Waals surface area (Å²) in [6.07, 6.45) is 0. The Morgan fingerprint density at radius 2 is 1.76 bits per heavy atom. The highest BCUT2D eigenvalue weighted by molar-refractivity contribution is 7.89. The highest BCUT2D eigenvalue weighted by Crippen LogP contribution is 2.24. The first-order valence-corrected chi connectivity index (χ1v) is 8.10. The minimum absolute atomic E-state index is 0.164. The third kappa shape index (κ3) is 3.83. The van der Waals surface area contributed by atoms with Crippen LogP contribution < -0.4 is 9.46 Å². The molecule has 0 unspecified atom stereocenters. The average Bonchev–Trinajstić information content (AvgIpc) is 2.45. The molecule has 0 aliphatic carbocycles. The molecule has 0 heterocycles. The third-order valence-corrected chi connectivity index (χ3v) is 4.58. The van der Waals surface area contributed by atoms with Gasteiger partial charge in [0.05, 0.1) is 7.11 Å². The number of rotatable bonds is 5. The fourth-order valence-electron chi connectivity index (χ4n) is 2.07. The topological polar surface area (TPSA) is 55.4 Å². The summed E-state index contributed by atoms with van der Waals surface area (Å²) >= 11 is 0. The molecule has 4 nitrogen and oxygen atoms in total. The summed E-state index contributed by atoms with van der Waals surface area (Å²) in [4.78, 5) is 0.164. The second-order valence-corrected chi connectivity index (χ2v) is 6.70. The fraction of sp³-hybridized carbons (Fsp3) is 0.250. The van der Waals surface area contributed by atoms with Crippen LogP contribution in [-0.2, 0) is 16.6 Å². The molecular weight excluding hydrogens is 286 g/mol. The first-order chi connectivity index (χ1) is 9.92. The molecule has 0 aliphatic heterocycles. The van der Waals surface area contributed by atoms with Gasteiger partial charge in [-0.2, -0.15) is 0 Å². The summed E-state index contributed by atoms with van der Waals surface area (Å²) in [6.45, 7) is 4.07. The zero-order valence-electron chi connectivity index (χ0n) is 12.4. The van der Waals surface area contributed by atoms with E-state index in [1.165, 1.54) is 7.11 Å². The van der Waals surface area contributed by atoms with Crippen LogP contribution in [0.15, 0.2) is 47.4 Å². The van der Waals surface area contributed by atoms with Gasteiger partial charge in [0, 0.05) is 6.54 Å². The predicted molar refractivity (Wildman–Crippen MR) is 82.9 cm³/mol. The normalized spacial score (nSPS) is 11.4. The standard InChI is InChI=1S/C16H19NO3S/c1-12-5-4-6-14(9-12)11-17-21(18,19)16-10-13(2)7-8-15(16)20-3/h4-10,17H,11H2,1-3H3. The number of nitrogens with one attached hydrogen (secondary N) is 1. The fourth-order valence-corrected chi connectivity index (χ4v) is 3.34. The Hall–Kier alpha value is -1.85. The minimum Gasteiger partial charge on any atom is -0.495 e. The van der Waals surface area contributed by atoms with Crippen molar-refractivity contribution >= 4 is 10.0 Å². The van der Waals surface area contributed by atoms with Crippen LogP contribution in [0.1, 0.15) is 16.7 Å². The maximum absolute atomic E-state index is 12.4. The van der Waals surface area contributed by atoms with Crippen LogP contribution in [-0.4, -0.2) is 15.5 Å². The molecule has 5 heteroatoms. The van der Waals surface area contributed by atoms with E-state index in [0.29, 0.717) is 5.75 Å². The lowest BCUT2D eigenvalue weighted by Gasteiger charge is -2.11. The molecule has 0 saturated carbocycles. The Kier molecular flexibility index (Phi) is 4.65. The highest BCUT2D eigenvalue weighted by Gasteiger charge is 2.19. The van der Waals surface area contributed by atoms with E-state index in [9.17, 15) is 8.42 Å². The van der Waals surface area contributed by atoms with Crippen molar-refractivity contribution < 1.29 is 13.2 Å². The van der Waals surface area contributed by atoms with Crippen molar-refractivity contribution in [2.75, 3.05) is 7.11 Å². The van der Waals surface area contributed by atoms with E-state index in [-0.39, 0.29) is 11.4 Å². The molecule has 2 aromatic carbocycles. The third-order valence-electron chi connectivity index (χ3n) is 3.16. The van der Waals surface area contributed by atoms with Gasteiger partial charge in [0.15, 0.2) is 0 Å². The summed E-state index contributed by atoms with van der Waals surface area (Å²) in [6, 6.07) is 12.8. The molecular formula is C16H19NO3S. The van der Waals surface area contributed by atoms with Crippen molar-refractivity contribution in [2.24, 2.45) is 0 Å². The van der Waals surface area contributed by atoms with Crippen molar-refractivity contribution in [3.63, 3.8) is 0 Å². The van der Waals surface area contributed by atoms with Gasteiger partial charge < -0.3 is 4.74 Å². The lowest BCUT2D eigenvalue weighted by Crippen LogP contribution is -2.23. The van der Waals surface area contributed by atoms with E-state index in [1.54, 1.807) is 12.1 Å². The molecule has 2 rings (SSSR count). The smallest absolute Gasteiger partial charge is 0.244 e. The SMILES string of the molecule is COc1ccc(C)cc1S(=O)(=O)NCc1cccc(C)c1. The van der Waals surface area contributed by atoms with E-state index < -0.39 is 10.0 Å². The van der Waals surface area contributed by atoms with E-state index in [2.05, 4.69) is 4.72 Å². The number of methoxy groups -OCH3 is 1.